The topological polar surface area (TPSA) is 55.5 Å². The SMILES string of the molecule is NC(CO)(COc1c(F)c(F)c(F)c(F)c1F)C1CC1. The second-order valence-electron chi connectivity index (χ2n) is 4.85. The Hall–Kier alpha value is -1.41. The molecule has 0 radical (unpaired) electrons. The normalized spacial score (nSPS) is 17.9. The van der Waals surface area contributed by atoms with Crippen molar-refractivity contribution >= 4 is 0 Å². The van der Waals surface area contributed by atoms with Crippen LogP contribution in [0.4, 0.5) is 22.0 Å². The van der Waals surface area contributed by atoms with E-state index >= 15 is 0 Å². The lowest BCUT2D eigenvalue weighted by molar-refractivity contribution is 0.110. The zero-order valence-corrected chi connectivity index (χ0v) is 10.2. The minimum Gasteiger partial charge on any atom is -0.485 e. The summed E-state index contributed by atoms with van der Waals surface area (Å²) in [4.78, 5) is 0. The van der Waals surface area contributed by atoms with E-state index in [0.717, 1.165) is 0 Å². The smallest absolute Gasteiger partial charge is 0.206 e. The van der Waals surface area contributed by atoms with E-state index in [1.54, 1.807) is 0 Å². The molecule has 3 nitrogen and oxygen atoms in total. The number of ether oxygens (including phenoxy) is 1. The molecule has 1 aromatic rings. The first-order valence-electron chi connectivity index (χ1n) is 5.85. The molecule has 112 valence electrons. The van der Waals surface area contributed by atoms with Gasteiger partial charge in [0.15, 0.2) is 5.75 Å². The molecule has 1 aliphatic rings. The molecule has 0 saturated heterocycles. The zero-order valence-electron chi connectivity index (χ0n) is 10.2. The lowest BCUT2D eigenvalue weighted by atomic mass is 9.97. The van der Waals surface area contributed by atoms with E-state index in [-0.39, 0.29) is 5.92 Å². The number of hydrogen-bond acceptors (Lipinski definition) is 3. The van der Waals surface area contributed by atoms with Gasteiger partial charge in [0.2, 0.25) is 29.1 Å². The largest absolute Gasteiger partial charge is 0.485 e. The van der Waals surface area contributed by atoms with Crippen LogP contribution in [0.15, 0.2) is 0 Å². The highest BCUT2D eigenvalue weighted by Gasteiger charge is 2.43. The molecule has 0 bridgehead atoms. The van der Waals surface area contributed by atoms with Gasteiger partial charge in [-0.15, -0.1) is 0 Å². The summed E-state index contributed by atoms with van der Waals surface area (Å²) in [7, 11) is 0. The lowest BCUT2D eigenvalue weighted by Crippen LogP contribution is -2.51. The van der Waals surface area contributed by atoms with Gasteiger partial charge in [0.25, 0.3) is 0 Å². The molecular formula is C12H12F5NO2. The van der Waals surface area contributed by atoms with Crippen molar-refractivity contribution in [1.82, 2.24) is 0 Å². The minimum atomic E-state index is -2.25. The van der Waals surface area contributed by atoms with E-state index in [1.807, 2.05) is 0 Å². The van der Waals surface area contributed by atoms with Gasteiger partial charge < -0.3 is 15.6 Å². The Labute approximate surface area is 111 Å². The quantitative estimate of drug-likeness (QED) is 0.495. The fourth-order valence-corrected chi connectivity index (χ4v) is 1.87. The summed E-state index contributed by atoms with van der Waals surface area (Å²) in [5.41, 5.74) is 4.51. The molecule has 0 aromatic heterocycles. The number of aliphatic hydroxyl groups is 1. The van der Waals surface area contributed by atoms with Crippen molar-refractivity contribution in [1.29, 1.82) is 0 Å². The van der Waals surface area contributed by atoms with Crippen molar-refractivity contribution in [2.45, 2.75) is 18.4 Å². The Morgan fingerprint density at radius 3 is 1.85 bits per heavy atom. The van der Waals surface area contributed by atoms with Crippen LogP contribution in [0.25, 0.3) is 0 Å². The highest BCUT2D eigenvalue weighted by atomic mass is 19.2. The Bertz CT molecular complexity index is 506. The zero-order chi connectivity index (χ0) is 15.1. The summed E-state index contributed by atoms with van der Waals surface area (Å²) in [5.74, 6) is -12.0. The van der Waals surface area contributed by atoms with Crippen LogP contribution in [0, 0.1) is 35.0 Å². The second kappa shape index (κ2) is 5.17. The summed E-state index contributed by atoms with van der Waals surface area (Å²) < 4.78 is 70.1. The minimum absolute atomic E-state index is 0.103. The van der Waals surface area contributed by atoms with Crippen molar-refractivity contribution < 1.29 is 31.8 Å². The summed E-state index contributed by atoms with van der Waals surface area (Å²) in [6.07, 6.45) is 1.41. The standard InChI is InChI=1S/C12H12F5NO2/c13-6-7(14)9(16)11(10(17)8(6)15)20-4-12(18,3-19)5-1-2-5/h5,19H,1-4,18H2. The molecule has 1 aliphatic carbocycles. The first-order valence-corrected chi connectivity index (χ1v) is 5.85. The van der Waals surface area contributed by atoms with Crippen molar-refractivity contribution in [3.05, 3.63) is 29.1 Å². The van der Waals surface area contributed by atoms with Gasteiger partial charge in [-0.25, -0.2) is 13.2 Å². The van der Waals surface area contributed by atoms with Crippen LogP contribution in [-0.2, 0) is 0 Å². The summed E-state index contributed by atoms with van der Waals surface area (Å²) in [5, 5.41) is 9.16. The van der Waals surface area contributed by atoms with E-state index in [2.05, 4.69) is 4.74 Å². The molecule has 8 heteroatoms. The van der Waals surface area contributed by atoms with E-state index in [4.69, 9.17) is 10.8 Å². The molecule has 0 aliphatic heterocycles. The van der Waals surface area contributed by atoms with Crippen LogP contribution < -0.4 is 10.5 Å². The maximum atomic E-state index is 13.3. The highest BCUT2D eigenvalue weighted by molar-refractivity contribution is 5.30. The lowest BCUT2D eigenvalue weighted by Gasteiger charge is -2.27. The third-order valence-corrected chi connectivity index (χ3v) is 3.34. The van der Waals surface area contributed by atoms with Crippen LogP contribution in [0.1, 0.15) is 12.8 Å². The van der Waals surface area contributed by atoms with Crippen LogP contribution in [-0.4, -0.2) is 23.9 Å². The average Bonchev–Trinajstić information content (AvgIpc) is 3.27. The van der Waals surface area contributed by atoms with Gasteiger partial charge in [0, 0.05) is 0 Å². The van der Waals surface area contributed by atoms with Gasteiger partial charge in [0.05, 0.1) is 12.1 Å². The van der Waals surface area contributed by atoms with Crippen LogP contribution in [0.3, 0.4) is 0 Å². The van der Waals surface area contributed by atoms with Gasteiger partial charge >= 0.3 is 0 Å². The maximum Gasteiger partial charge on any atom is 0.206 e. The molecule has 3 N–H and O–H groups in total. The Morgan fingerprint density at radius 2 is 1.45 bits per heavy atom. The van der Waals surface area contributed by atoms with Crippen molar-refractivity contribution in [3.63, 3.8) is 0 Å². The third kappa shape index (κ3) is 2.45. The van der Waals surface area contributed by atoms with E-state index in [9.17, 15) is 22.0 Å². The number of aliphatic hydroxyl groups excluding tert-OH is 1. The second-order valence-corrected chi connectivity index (χ2v) is 4.85. The molecule has 0 heterocycles. The van der Waals surface area contributed by atoms with Crippen LogP contribution >= 0.6 is 0 Å². The van der Waals surface area contributed by atoms with Gasteiger partial charge in [-0.2, -0.15) is 8.78 Å². The highest BCUT2D eigenvalue weighted by Crippen LogP contribution is 2.39. The Balaban J connectivity index is 2.26. The van der Waals surface area contributed by atoms with Crippen molar-refractivity contribution in [2.24, 2.45) is 11.7 Å². The fraction of sp³-hybridized carbons (Fsp3) is 0.500. The summed E-state index contributed by atoms with van der Waals surface area (Å²) >= 11 is 0. The molecule has 1 atom stereocenters. The first-order chi connectivity index (χ1) is 9.31. The third-order valence-electron chi connectivity index (χ3n) is 3.34. The molecule has 1 fully saturated rings. The predicted molar refractivity (Wildman–Crippen MR) is 58.5 cm³/mol. The van der Waals surface area contributed by atoms with Crippen molar-refractivity contribution in [3.8, 4) is 5.75 Å². The molecule has 1 aromatic carbocycles. The molecule has 0 amide bonds. The number of nitrogens with two attached hydrogens (primary N) is 1. The number of hydrogen-bond donors (Lipinski definition) is 2. The molecule has 0 spiro atoms. The predicted octanol–water partition coefficient (Wildman–Crippen LogP) is 1.86. The van der Waals surface area contributed by atoms with Gasteiger partial charge in [-0.1, -0.05) is 0 Å². The van der Waals surface area contributed by atoms with E-state index < -0.39 is 53.6 Å². The number of halogens is 5. The van der Waals surface area contributed by atoms with E-state index in [0.29, 0.717) is 12.8 Å². The van der Waals surface area contributed by atoms with Crippen LogP contribution in [0.2, 0.25) is 0 Å². The summed E-state index contributed by atoms with van der Waals surface area (Å²) in [6.45, 7) is -1.07. The van der Waals surface area contributed by atoms with Gasteiger partial charge in [0.1, 0.15) is 6.61 Å². The molecule has 20 heavy (non-hydrogen) atoms. The fourth-order valence-electron chi connectivity index (χ4n) is 1.87. The van der Waals surface area contributed by atoms with Crippen molar-refractivity contribution in [2.75, 3.05) is 13.2 Å². The first kappa shape index (κ1) is 15.0. The molecule has 2 rings (SSSR count). The Morgan fingerprint density at radius 1 is 1.00 bits per heavy atom. The molecule has 1 unspecified atom stereocenters. The van der Waals surface area contributed by atoms with Gasteiger partial charge in [-0.3, -0.25) is 0 Å². The molecular weight excluding hydrogens is 285 g/mol. The monoisotopic (exact) mass is 297 g/mol. The van der Waals surface area contributed by atoms with Gasteiger partial charge in [-0.05, 0) is 18.8 Å². The average molecular weight is 297 g/mol. The maximum absolute atomic E-state index is 13.3. The number of rotatable bonds is 5. The Kier molecular flexibility index (Phi) is 3.88. The molecule has 1 saturated carbocycles. The van der Waals surface area contributed by atoms with E-state index in [1.165, 1.54) is 0 Å². The van der Waals surface area contributed by atoms with Crippen LogP contribution in [0.5, 0.6) is 5.75 Å². The summed E-state index contributed by atoms with van der Waals surface area (Å²) in [6, 6.07) is 0. The number of benzene rings is 1.